The molecule has 6 heteroatoms. The van der Waals surface area contributed by atoms with Crippen molar-refractivity contribution < 1.29 is 9.42 Å². The molecular formula is C18H18N4O2. The minimum Gasteiger partial charge on any atom is -0.351 e. The summed E-state index contributed by atoms with van der Waals surface area (Å²) in [4.78, 5) is 12.7. The fourth-order valence-electron chi connectivity index (χ4n) is 3.09. The van der Waals surface area contributed by atoms with Crippen molar-refractivity contribution in [2.24, 2.45) is 5.41 Å². The Morgan fingerprint density at radius 2 is 1.88 bits per heavy atom. The van der Waals surface area contributed by atoms with Gasteiger partial charge in [0, 0.05) is 19.6 Å². The van der Waals surface area contributed by atoms with Gasteiger partial charge in [-0.05, 0) is 40.0 Å². The van der Waals surface area contributed by atoms with Crippen molar-refractivity contribution in [3.63, 3.8) is 0 Å². The molecule has 1 saturated heterocycles. The van der Waals surface area contributed by atoms with E-state index in [1.54, 1.807) is 0 Å². The number of nitrogens with one attached hydrogen (secondary N) is 2. The van der Waals surface area contributed by atoms with Crippen LogP contribution in [0.5, 0.6) is 0 Å². The maximum absolute atomic E-state index is 12.7. The Morgan fingerprint density at radius 3 is 2.62 bits per heavy atom. The minimum absolute atomic E-state index is 0.0866. The number of benzene rings is 2. The van der Waals surface area contributed by atoms with Crippen molar-refractivity contribution in [1.82, 2.24) is 20.9 Å². The van der Waals surface area contributed by atoms with E-state index >= 15 is 0 Å². The summed E-state index contributed by atoms with van der Waals surface area (Å²) in [6.07, 6.45) is 0.749. The van der Waals surface area contributed by atoms with E-state index in [1.807, 2.05) is 36.4 Å². The number of carbonyl (C=O) groups excluding carboxylic acids is 1. The van der Waals surface area contributed by atoms with Gasteiger partial charge in [-0.2, -0.15) is 0 Å². The Kier molecular flexibility index (Phi) is 3.74. The molecule has 0 spiro atoms. The van der Waals surface area contributed by atoms with Gasteiger partial charge in [-0.15, -0.1) is 0 Å². The van der Waals surface area contributed by atoms with Crippen LogP contribution in [0, 0.1) is 5.41 Å². The molecule has 0 atom stereocenters. The maximum Gasteiger partial charge on any atom is 0.229 e. The summed E-state index contributed by atoms with van der Waals surface area (Å²) in [6.45, 7) is 1.89. The van der Waals surface area contributed by atoms with Gasteiger partial charge in [0.05, 0.1) is 5.41 Å². The zero-order chi connectivity index (χ0) is 16.4. The van der Waals surface area contributed by atoms with Crippen molar-refractivity contribution in [2.45, 2.75) is 13.0 Å². The number of aromatic nitrogens is 2. The first-order valence-electron chi connectivity index (χ1n) is 7.99. The monoisotopic (exact) mass is 322 g/mol. The SMILES string of the molecule is O=C(NCc1ccc2nonc2c1)C1(Cc2ccccc2)CNC1. The molecule has 3 aromatic rings. The predicted molar refractivity (Wildman–Crippen MR) is 89.1 cm³/mol. The third-order valence-electron chi connectivity index (χ3n) is 4.57. The van der Waals surface area contributed by atoms with Gasteiger partial charge in [0.25, 0.3) is 0 Å². The number of fused-ring (bicyclic) bond motifs is 1. The second kappa shape index (κ2) is 6.05. The molecule has 0 bridgehead atoms. The Hall–Kier alpha value is -2.73. The summed E-state index contributed by atoms with van der Waals surface area (Å²) in [5.41, 5.74) is 3.22. The van der Waals surface area contributed by atoms with Gasteiger partial charge in [-0.25, -0.2) is 4.63 Å². The molecule has 1 aliphatic rings. The van der Waals surface area contributed by atoms with Crippen LogP contribution in [0.4, 0.5) is 0 Å². The van der Waals surface area contributed by atoms with E-state index in [-0.39, 0.29) is 11.3 Å². The molecule has 2 aromatic carbocycles. The highest BCUT2D eigenvalue weighted by molar-refractivity contribution is 5.84. The minimum atomic E-state index is -0.360. The topological polar surface area (TPSA) is 80.1 Å². The predicted octanol–water partition coefficient (Wildman–Crippen LogP) is 1.67. The normalized spacial score (nSPS) is 15.8. The lowest BCUT2D eigenvalue weighted by Crippen LogP contribution is -2.62. The van der Waals surface area contributed by atoms with Crippen LogP contribution in [-0.2, 0) is 17.8 Å². The van der Waals surface area contributed by atoms with Crippen molar-refractivity contribution in [3.8, 4) is 0 Å². The van der Waals surface area contributed by atoms with Crippen LogP contribution < -0.4 is 10.6 Å². The third kappa shape index (κ3) is 2.76. The second-order valence-corrected chi connectivity index (χ2v) is 6.32. The molecule has 4 rings (SSSR count). The number of hydrogen-bond donors (Lipinski definition) is 2. The van der Waals surface area contributed by atoms with Gasteiger partial charge in [-0.1, -0.05) is 36.4 Å². The van der Waals surface area contributed by atoms with Crippen LogP contribution in [0.15, 0.2) is 53.2 Å². The standard InChI is InChI=1S/C18H18N4O2/c23-17(18(11-19-12-18)9-13-4-2-1-3-5-13)20-10-14-6-7-15-16(8-14)22-24-21-15/h1-8,19H,9-12H2,(H,20,23). The zero-order valence-corrected chi connectivity index (χ0v) is 13.2. The van der Waals surface area contributed by atoms with Crippen LogP contribution in [0.25, 0.3) is 11.0 Å². The fraction of sp³-hybridized carbons (Fsp3) is 0.278. The van der Waals surface area contributed by atoms with Crippen molar-refractivity contribution in [1.29, 1.82) is 0 Å². The first kappa shape index (κ1) is 14.8. The highest BCUT2D eigenvalue weighted by Gasteiger charge is 2.43. The summed E-state index contributed by atoms with van der Waals surface area (Å²) in [5.74, 6) is 0.0866. The Morgan fingerprint density at radius 1 is 1.08 bits per heavy atom. The van der Waals surface area contributed by atoms with E-state index in [9.17, 15) is 4.79 Å². The first-order valence-corrected chi connectivity index (χ1v) is 7.99. The van der Waals surface area contributed by atoms with E-state index < -0.39 is 0 Å². The van der Waals surface area contributed by atoms with E-state index in [1.165, 1.54) is 5.56 Å². The smallest absolute Gasteiger partial charge is 0.229 e. The van der Waals surface area contributed by atoms with Crippen molar-refractivity contribution in [3.05, 3.63) is 59.7 Å². The molecule has 6 nitrogen and oxygen atoms in total. The molecule has 1 fully saturated rings. The summed E-state index contributed by atoms with van der Waals surface area (Å²) < 4.78 is 4.70. The van der Waals surface area contributed by atoms with Crippen molar-refractivity contribution >= 4 is 16.9 Å². The van der Waals surface area contributed by atoms with Crippen LogP contribution >= 0.6 is 0 Å². The number of amides is 1. The molecule has 1 aliphatic heterocycles. The largest absolute Gasteiger partial charge is 0.351 e. The Balaban J connectivity index is 1.44. The third-order valence-corrected chi connectivity index (χ3v) is 4.57. The lowest BCUT2D eigenvalue weighted by Gasteiger charge is -2.41. The van der Waals surface area contributed by atoms with Crippen LogP contribution in [0.1, 0.15) is 11.1 Å². The first-order chi connectivity index (χ1) is 11.8. The highest BCUT2D eigenvalue weighted by Crippen LogP contribution is 2.28. The highest BCUT2D eigenvalue weighted by atomic mass is 16.6. The van der Waals surface area contributed by atoms with Gasteiger partial charge < -0.3 is 10.6 Å². The average molecular weight is 322 g/mol. The lowest BCUT2D eigenvalue weighted by atomic mass is 9.75. The Bertz CT molecular complexity index is 856. The number of carbonyl (C=O) groups is 1. The molecule has 0 saturated carbocycles. The Labute approximate surface area is 139 Å². The van der Waals surface area contributed by atoms with Gasteiger partial charge in [0.1, 0.15) is 11.0 Å². The maximum atomic E-state index is 12.7. The van der Waals surface area contributed by atoms with E-state index in [0.29, 0.717) is 30.7 Å². The molecule has 0 radical (unpaired) electrons. The molecule has 0 aliphatic carbocycles. The molecule has 24 heavy (non-hydrogen) atoms. The number of hydrogen-bond acceptors (Lipinski definition) is 5. The molecule has 1 aromatic heterocycles. The van der Waals surface area contributed by atoms with E-state index in [4.69, 9.17) is 4.63 Å². The summed E-state index contributed by atoms with van der Waals surface area (Å²) >= 11 is 0. The van der Waals surface area contributed by atoms with Gasteiger partial charge in [0.15, 0.2) is 0 Å². The lowest BCUT2D eigenvalue weighted by molar-refractivity contribution is -0.134. The molecule has 122 valence electrons. The second-order valence-electron chi connectivity index (χ2n) is 6.32. The van der Waals surface area contributed by atoms with Gasteiger partial charge >= 0.3 is 0 Å². The zero-order valence-electron chi connectivity index (χ0n) is 13.2. The molecule has 0 unspecified atom stereocenters. The molecular weight excluding hydrogens is 304 g/mol. The van der Waals surface area contributed by atoms with Crippen molar-refractivity contribution in [2.75, 3.05) is 13.1 Å². The van der Waals surface area contributed by atoms with E-state index in [0.717, 1.165) is 12.0 Å². The van der Waals surface area contributed by atoms with Gasteiger partial charge in [-0.3, -0.25) is 4.79 Å². The summed E-state index contributed by atoms with van der Waals surface area (Å²) in [7, 11) is 0. The number of rotatable bonds is 5. The summed E-state index contributed by atoms with van der Waals surface area (Å²) in [5, 5.41) is 13.9. The van der Waals surface area contributed by atoms with Gasteiger partial charge in [0.2, 0.25) is 5.91 Å². The van der Waals surface area contributed by atoms with E-state index in [2.05, 4.69) is 33.1 Å². The number of nitrogens with zero attached hydrogens (tertiary/aromatic N) is 2. The summed E-state index contributed by atoms with van der Waals surface area (Å²) in [6, 6.07) is 15.8. The van der Waals surface area contributed by atoms with Crippen LogP contribution in [-0.4, -0.2) is 29.3 Å². The van der Waals surface area contributed by atoms with Crippen LogP contribution in [0.3, 0.4) is 0 Å². The molecule has 2 N–H and O–H groups in total. The fourth-order valence-corrected chi connectivity index (χ4v) is 3.09. The average Bonchev–Trinajstić information content (AvgIpc) is 3.04. The molecule has 2 heterocycles. The molecule has 1 amide bonds. The quantitative estimate of drug-likeness (QED) is 0.747. The van der Waals surface area contributed by atoms with Crippen LogP contribution in [0.2, 0.25) is 0 Å².